The summed E-state index contributed by atoms with van der Waals surface area (Å²) in [5, 5.41) is 10.2. The molecule has 3 aliphatic heterocycles. The highest BCUT2D eigenvalue weighted by Gasteiger charge is 2.60. The number of hydrogen-bond donors (Lipinski definition) is 2. The van der Waals surface area contributed by atoms with Gasteiger partial charge in [0, 0.05) is 35.8 Å². The van der Waals surface area contributed by atoms with Gasteiger partial charge in [0.25, 0.3) is 0 Å². The molecule has 2 aliphatic carbocycles. The van der Waals surface area contributed by atoms with Crippen LogP contribution in [0.1, 0.15) is 17.5 Å². The van der Waals surface area contributed by atoms with E-state index in [4.69, 9.17) is 10.5 Å². The minimum absolute atomic E-state index is 0.00648. The van der Waals surface area contributed by atoms with Gasteiger partial charge in [0.15, 0.2) is 0 Å². The number of aliphatic carboxylic acids is 1. The highest BCUT2D eigenvalue weighted by atomic mass is 19.1. The van der Waals surface area contributed by atoms with Crippen LogP contribution in [0.5, 0.6) is 5.75 Å². The van der Waals surface area contributed by atoms with Crippen molar-refractivity contribution in [1.82, 2.24) is 4.90 Å². The van der Waals surface area contributed by atoms with E-state index in [0.29, 0.717) is 35.8 Å². The van der Waals surface area contributed by atoms with Crippen molar-refractivity contribution in [3.05, 3.63) is 100 Å². The van der Waals surface area contributed by atoms with Crippen molar-refractivity contribution < 1.29 is 23.8 Å². The fourth-order valence-electron chi connectivity index (χ4n) is 6.26. The SMILES string of the molecule is NC1CCN([C@@H]2C(F)=CC3=C4N2c2ccccc2OC42C(=C(C(=O)O)C3=O)C=Cc3ccccc32)C1. The van der Waals surface area contributed by atoms with Crippen LogP contribution in [0.4, 0.5) is 10.1 Å². The van der Waals surface area contributed by atoms with Gasteiger partial charge in [0.2, 0.25) is 11.4 Å². The molecule has 2 aromatic rings. The monoisotopic (exact) mass is 483 g/mol. The number of ketones is 1. The van der Waals surface area contributed by atoms with Crippen LogP contribution >= 0.6 is 0 Å². The number of para-hydroxylation sites is 2. The average molecular weight is 483 g/mol. The molecular formula is C28H22FN3O4. The van der Waals surface area contributed by atoms with E-state index in [-0.39, 0.29) is 17.2 Å². The third kappa shape index (κ3) is 2.57. The molecule has 3 heterocycles. The lowest BCUT2D eigenvalue weighted by atomic mass is 9.67. The fraction of sp³-hybridized carbons (Fsp3) is 0.214. The number of hydrogen-bond acceptors (Lipinski definition) is 6. The number of likely N-dealkylation sites (tertiary alicyclic amines) is 1. The molecule has 2 unspecified atom stereocenters. The Morgan fingerprint density at radius 1 is 1.14 bits per heavy atom. The molecule has 0 bridgehead atoms. The first-order valence-electron chi connectivity index (χ1n) is 11.9. The van der Waals surface area contributed by atoms with Crippen molar-refractivity contribution in [2.45, 2.75) is 24.2 Å². The maximum Gasteiger partial charge on any atom is 0.340 e. The number of carboxylic acid groups (broad SMARTS) is 1. The molecule has 7 rings (SSSR count). The number of carboxylic acids is 1. The van der Waals surface area contributed by atoms with E-state index in [9.17, 15) is 14.7 Å². The zero-order valence-corrected chi connectivity index (χ0v) is 19.1. The number of benzene rings is 2. The van der Waals surface area contributed by atoms with E-state index < -0.39 is 34.9 Å². The molecule has 5 aliphatic rings. The summed E-state index contributed by atoms with van der Waals surface area (Å²) >= 11 is 0. The smallest absolute Gasteiger partial charge is 0.340 e. The maximum atomic E-state index is 16.0. The van der Waals surface area contributed by atoms with Gasteiger partial charge in [-0.05, 0) is 30.2 Å². The molecule has 1 fully saturated rings. The van der Waals surface area contributed by atoms with Crippen molar-refractivity contribution in [2.75, 3.05) is 18.0 Å². The van der Waals surface area contributed by atoms with E-state index in [2.05, 4.69) is 0 Å². The van der Waals surface area contributed by atoms with E-state index in [1.165, 1.54) is 6.08 Å². The first-order valence-corrected chi connectivity index (χ1v) is 11.9. The first-order chi connectivity index (χ1) is 17.4. The second-order valence-electron chi connectivity index (χ2n) is 9.67. The van der Waals surface area contributed by atoms with E-state index >= 15 is 4.39 Å². The van der Waals surface area contributed by atoms with Crippen LogP contribution in [-0.4, -0.2) is 47.1 Å². The topological polar surface area (TPSA) is 96.1 Å². The average Bonchev–Trinajstić information content (AvgIpc) is 3.30. The van der Waals surface area contributed by atoms with Crippen molar-refractivity contribution in [3.8, 4) is 5.75 Å². The minimum atomic E-state index is -1.44. The molecule has 3 N–H and O–H groups in total. The van der Waals surface area contributed by atoms with Gasteiger partial charge in [-0.3, -0.25) is 9.69 Å². The molecule has 0 aromatic heterocycles. The molecule has 0 radical (unpaired) electrons. The maximum absolute atomic E-state index is 16.0. The number of halogens is 1. The lowest BCUT2D eigenvalue weighted by Gasteiger charge is -2.55. The van der Waals surface area contributed by atoms with Gasteiger partial charge >= 0.3 is 5.97 Å². The Labute approximate surface area is 206 Å². The highest BCUT2D eigenvalue weighted by Crippen LogP contribution is 2.59. The second kappa shape index (κ2) is 7.25. The van der Waals surface area contributed by atoms with Gasteiger partial charge < -0.3 is 20.5 Å². The number of ether oxygens (including phenoxy) is 1. The van der Waals surface area contributed by atoms with Gasteiger partial charge in [-0.2, -0.15) is 0 Å². The normalized spacial score (nSPS) is 28.2. The van der Waals surface area contributed by atoms with E-state index in [1.807, 2.05) is 52.3 Å². The van der Waals surface area contributed by atoms with Crippen LogP contribution in [0, 0.1) is 0 Å². The molecule has 36 heavy (non-hydrogen) atoms. The number of nitrogens with zero attached hydrogens (tertiary/aromatic N) is 2. The van der Waals surface area contributed by atoms with Crippen molar-refractivity contribution in [3.63, 3.8) is 0 Å². The number of carbonyl (C=O) groups excluding carboxylic acids is 1. The number of Topliss-reactive ketones (excluding diaryl/α,β-unsaturated/α-hetero) is 1. The summed E-state index contributed by atoms with van der Waals surface area (Å²) in [7, 11) is 0. The highest BCUT2D eigenvalue weighted by molar-refractivity contribution is 6.27. The standard InChI is InChI=1S/C28H22FN3O4/c29-20-13-17-24(33)23(27(34)35)19-10-9-15-5-1-2-6-18(15)28(19)25(17)32(21-7-3-4-8-22(21)36-28)26(20)31-12-11-16(30)14-31/h1-10,13,16,26H,11-12,14,30H2,(H,34,35)/t16?,26-,28?/m0/s1. The van der Waals surface area contributed by atoms with Gasteiger partial charge in [-0.15, -0.1) is 0 Å². The third-order valence-electron chi connectivity index (χ3n) is 7.70. The van der Waals surface area contributed by atoms with Crippen molar-refractivity contribution in [2.24, 2.45) is 5.73 Å². The zero-order chi connectivity index (χ0) is 24.8. The summed E-state index contributed by atoms with van der Waals surface area (Å²) in [6, 6.07) is 14.7. The second-order valence-corrected chi connectivity index (χ2v) is 9.67. The molecule has 1 saturated heterocycles. The number of allylic oxidation sites excluding steroid dienone is 2. The van der Waals surface area contributed by atoms with Gasteiger partial charge in [-0.25, -0.2) is 9.18 Å². The molecular weight excluding hydrogens is 461 g/mol. The number of fused-ring (bicyclic) bond motifs is 3. The number of anilines is 1. The molecule has 7 nitrogen and oxygen atoms in total. The summed E-state index contributed by atoms with van der Waals surface area (Å²) in [6.07, 6.45) is 4.53. The Morgan fingerprint density at radius 3 is 2.69 bits per heavy atom. The van der Waals surface area contributed by atoms with Gasteiger partial charge in [0.05, 0.1) is 11.4 Å². The Hall–Kier alpha value is -4.01. The molecule has 3 atom stereocenters. The van der Waals surface area contributed by atoms with Crippen LogP contribution in [0.3, 0.4) is 0 Å². The first kappa shape index (κ1) is 21.3. The Kier molecular flexibility index (Phi) is 4.29. The summed E-state index contributed by atoms with van der Waals surface area (Å²) in [4.78, 5) is 29.9. The molecule has 8 heteroatoms. The van der Waals surface area contributed by atoms with Crippen molar-refractivity contribution >= 4 is 23.5 Å². The van der Waals surface area contributed by atoms with Crippen LogP contribution in [-0.2, 0) is 15.2 Å². The Morgan fingerprint density at radius 2 is 1.92 bits per heavy atom. The van der Waals surface area contributed by atoms with Crippen LogP contribution in [0.25, 0.3) is 6.08 Å². The molecule has 180 valence electrons. The predicted octanol–water partition coefficient (Wildman–Crippen LogP) is 3.25. The lowest BCUT2D eigenvalue weighted by molar-refractivity contribution is -0.134. The number of rotatable bonds is 2. The molecule has 1 spiro atoms. The quantitative estimate of drug-likeness (QED) is 0.633. The molecule has 0 amide bonds. The van der Waals surface area contributed by atoms with Crippen molar-refractivity contribution in [1.29, 1.82) is 0 Å². The zero-order valence-electron chi connectivity index (χ0n) is 19.1. The predicted molar refractivity (Wildman–Crippen MR) is 131 cm³/mol. The van der Waals surface area contributed by atoms with Crippen LogP contribution in [0.2, 0.25) is 0 Å². The van der Waals surface area contributed by atoms with Crippen LogP contribution < -0.4 is 15.4 Å². The Balaban J connectivity index is 1.60. The summed E-state index contributed by atoms with van der Waals surface area (Å²) in [5.41, 5.74) is 7.17. The summed E-state index contributed by atoms with van der Waals surface area (Å²) < 4.78 is 22.8. The van der Waals surface area contributed by atoms with E-state index in [0.717, 1.165) is 12.0 Å². The lowest BCUT2D eigenvalue weighted by Crippen LogP contribution is -2.60. The Bertz CT molecular complexity index is 1510. The van der Waals surface area contributed by atoms with E-state index in [1.54, 1.807) is 18.2 Å². The fourth-order valence-corrected chi connectivity index (χ4v) is 6.26. The molecule has 2 aromatic carbocycles. The number of carbonyl (C=O) groups is 2. The van der Waals surface area contributed by atoms with Gasteiger partial charge in [0.1, 0.15) is 23.3 Å². The minimum Gasteiger partial charge on any atom is -0.478 e. The molecule has 0 saturated carbocycles. The summed E-state index contributed by atoms with van der Waals surface area (Å²) in [5.74, 6) is -2.16. The summed E-state index contributed by atoms with van der Waals surface area (Å²) in [6.45, 7) is 1.09. The van der Waals surface area contributed by atoms with Gasteiger partial charge in [-0.1, -0.05) is 48.6 Å². The number of nitrogens with two attached hydrogens (primary N) is 1. The van der Waals surface area contributed by atoms with Crippen LogP contribution in [0.15, 0.2) is 88.9 Å². The largest absolute Gasteiger partial charge is 0.478 e. The third-order valence-corrected chi connectivity index (χ3v) is 7.70.